The number of benzene rings is 2. The number of fused-ring (bicyclic) bond motifs is 1. The highest BCUT2D eigenvalue weighted by Crippen LogP contribution is 2.30. The highest BCUT2D eigenvalue weighted by atomic mass is 19.3. The van der Waals surface area contributed by atoms with Crippen molar-refractivity contribution in [3.8, 4) is 5.75 Å². The number of nitrogens with zero attached hydrogens (tertiary/aromatic N) is 1. The first-order valence-electron chi connectivity index (χ1n) is 7.93. The van der Waals surface area contributed by atoms with Gasteiger partial charge < -0.3 is 14.8 Å². The molecule has 0 aliphatic carbocycles. The lowest BCUT2D eigenvalue weighted by atomic mass is 10.1. The summed E-state index contributed by atoms with van der Waals surface area (Å²) in [5.74, 6) is -0.0969. The minimum Gasteiger partial charge on any atom is -0.491 e. The zero-order valence-electron chi connectivity index (χ0n) is 14.0. The third kappa shape index (κ3) is 4.05. The van der Waals surface area contributed by atoms with Crippen LogP contribution in [0.25, 0.3) is 10.9 Å². The van der Waals surface area contributed by atoms with Gasteiger partial charge in [-0.05, 0) is 24.3 Å². The first-order valence-corrected chi connectivity index (χ1v) is 7.93. The van der Waals surface area contributed by atoms with Gasteiger partial charge in [0.05, 0.1) is 17.8 Å². The van der Waals surface area contributed by atoms with Gasteiger partial charge in [0.25, 0.3) is 6.43 Å². The molecule has 4 nitrogen and oxygen atoms in total. The molecule has 3 rings (SSSR count). The summed E-state index contributed by atoms with van der Waals surface area (Å²) in [4.78, 5) is 4.11. The van der Waals surface area contributed by atoms with E-state index in [1.54, 1.807) is 31.4 Å². The van der Waals surface area contributed by atoms with Crippen LogP contribution in [0.5, 0.6) is 5.75 Å². The molecular formula is C19H17F3N2O2. The number of anilines is 2. The first kappa shape index (κ1) is 18.0. The second-order valence-electron chi connectivity index (χ2n) is 5.54. The molecule has 0 bridgehead atoms. The van der Waals surface area contributed by atoms with Crippen LogP contribution in [0.3, 0.4) is 0 Å². The summed E-state index contributed by atoms with van der Waals surface area (Å²) in [6.07, 6.45) is -1.08. The van der Waals surface area contributed by atoms with Gasteiger partial charge in [0.1, 0.15) is 18.2 Å². The summed E-state index contributed by atoms with van der Waals surface area (Å²) in [5.41, 5.74) is 1.12. The standard InChI is InChI=1S/C19H17F3N2O2/c1-25-8-9-26-13-3-5-17(15(20)11-13)24-16-6-7-23-18-10-12(19(21)22)2-4-14(16)18/h2-7,10-11,19H,8-9H2,1H3,(H,23,24). The Balaban J connectivity index is 1.84. The predicted molar refractivity (Wildman–Crippen MR) is 93.8 cm³/mol. The van der Waals surface area contributed by atoms with E-state index in [0.29, 0.717) is 35.6 Å². The largest absolute Gasteiger partial charge is 0.491 e. The zero-order valence-corrected chi connectivity index (χ0v) is 14.0. The molecule has 2 aromatic carbocycles. The fourth-order valence-electron chi connectivity index (χ4n) is 2.48. The maximum Gasteiger partial charge on any atom is 0.263 e. The number of halogens is 3. The Hall–Kier alpha value is -2.80. The van der Waals surface area contributed by atoms with Crippen molar-refractivity contribution in [3.63, 3.8) is 0 Å². The molecule has 3 aromatic rings. The average molecular weight is 362 g/mol. The predicted octanol–water partition coefficient (Wildman–Crippen LogP) is 5.08. The number of aromatic nitrogens is 1. The Labute approximate surface area is 148 Å². The SMILES string of the molecule is COCCOc1ccc(Nc2ccnc3cc(C(F)F)ccc23)c(F)c1. The molecule has 0 saturated carbocycles. The quantitative estimate of drug-likeness (QED) is 0.595. The van der Waals surface area contributed by atoms with E-state index in [1.165, 1.54) is 24.4 Å². The number of alkyl halides is 2. The Bertz CT molecular complexity index is 903. The van der Waals surface area contributed by atoms with Crippen molar-refractivity contribution >= 4 is 22.3 Å². The summed E-state index contributed by atoms with van der Waals surface area (Å²) >= 11 is 0. The van der Waals surface area contributed by atoms with Crippen molar-refractivity contribution in [1.29, 1.82) is 0 Å². The molecule has 7 heteroatoms. The second kappa shape index (κ2) is 8.05. The van der Waals surface area contributed by atoms with Gasteiger partial charge in [-0.1, -0.05) is 12.1 Å². The highest BCUT2D eigenvalue weighted by Gasteiger charge is 2.11. The van der Waals surface area contributed by atoms with Gasteiger partial charge in [-0.3, -0.25) is 4.98 Å². The molecule has 26 heavy (non-hydrogen) atoms. The third-order valence-corrected chi connectivity index (χ3v) is 3.78. The molecule has 136 valence electrons. The van der Waals surface area contributed by atoms with Crippen LogP contribution in [0.2, 0.25) is 0 Å². The molecule has 0 aliphatic heterocycles. The monoisotopic (exact) mass is 362 g/mol. The number of ether oxygens (including phenoxy) is 2. The van der Waals surface area contributed by atoms with E-state index in [1.807, 2.05) is 0 Å². The zero-order chi connectivity index (χ0) is 18.5. The summed E-state index contributed by atoms with van der Waals surface area (Å²) in [6, 6.07) is 10.3. The van der Waals surface area contributed by atoms with Gasteiger partial charge in [0.15, 0.2) is 0 Å². The van der Waals surface area contributed by atoms with E-state index in [4.69, 9.17) is 9.47 Å². The number of rotatable bonds is 7. The van der Waals surface area contributed by atoms with E-state index in [9.17, 15) is 13.2 Å². The van der Waals surface area contributed by atoms with Crippen LogP contribution in [0.15, 0.2) is 48.7 Å². The summed E-state index contributed by atoms with van der Waals surface area (Å²) in [6.45, 7) is 0.732. The number of hydrogen-bond donors (Lipinski definition) is 1. The Morgan fingerprint density at radius 2 is 1.88 bits per heavy atom. The third-order valence-electron chi connectivity index (χ3n) is 3.78. The van der Waals surface area contributed by atoms with Gasteiger partial charge in [0, 0.05) is 36.0 Å². The van der Waals surface area contributed by atoms with Crippen LogP contribution in [-0.2, 0) is 4.74 Å². The Kier molecular flexibility index (Phi) is 5.58. The van der Waals surface area contributed by atoms with Crippen molar-refractivity contribution in [1.82, 2.24) is 4.98 Å². The van der Waals surface area contributed by atoms with E-state index in [-0.39, 0.29) is 11.3 Å². The fourth-order valence-corrected chi connectivity index (χ4v) is 2.48. The molecule has 0 radical (unpaired) electrons. The average Bonchev–Trinajstić information content (AvgIpc) is 2.64. The lowest BCUT2D eigenvalue weighted by Gasteiger charge is -2.12. The van der Waals surface area contributed by atoms with E-state index in [2.05, 4.69) is 10.3 Å². The van der Waals surface area contributed by atoms with Crippen LogP contribution in [0.1, 0.15) is 12.0 Å². The summed E-state index contributed by atoms with van der Waals surface area (Å²) in [7, 11) is 1.56. The van der Waals surface area contributed by atoms with Crippen LogP contribution in [-0.4, -0.2) is 25.3 Å². The molecular weight excluding hydrogens is 345 g/mol. The maximum absolute atomic E-state index is 14.3. The van der Waals surface area contributed by atoms with Gasteiger partial charge in [-0.15, -0.1) is 0 Å². The summed E-state index contributed by atoms with van der Waals surface area (Å²) in [5, 5.41) is 3.60. The van der Waals surface area contributed by atoms with E-state index in [0.717, 1.165) is 0 Å². The minimum absolute atomic E-state index is 0.106. The lowest BCUT2D eigenvalue weighted by Crippen LogP contribution is -2.04. The molecule has 1 heterocycles. The van der Waals surface area contributed by atoms with Crippen molar-refractivity contribution in [3.05, 3.63) is 60.0 Å². The maximum atomic E-state index is 14.3. The molecule has 0 fully saturated rings. The van der Waals surface area contributed by atoms with E-state index >= 15 is 0 Å². The Morgan fingerprint density at radius 1 is 1.04 bits per heavy atom. The van der Waals surface area contributed by atoms with Crippen LogP contribution in [0, 0.1) is 5.82 Å². The number of nitrogens with one attached hydrogen (secondary N) is 1. The number of pyridine rings is 1. The molecule has 0 spiro atoms. The molecule has 1 N–H and O–H groups in total. The molecule has 0 atom stereocenters. The normalized spacial score (nSPS) is 11.1. The van der Waals surface area contributed by atoms with Gasteiger partial charge in [0.2, 0.25) is 0 Å². The van der Waals surface area contributed by atoms with Crippen molar-refractivity contribution in [2.24, 2.45) is 0 Å². The van der Waals surface area contributed by atoms with Crippen LogP contribution < -0.4 is 10.1 Å². The molecule has 0 aliphatic rings. The van der Waals surface area contributed by atoms with Gasteiger partial charge >= 0.3 is 0 Å². The highest BCUT2D eigenvalue weighted by molar-refractivity contribution is 5.93. The first-order chi connectivity index (χ1) is 12.6. The van der Waals surface area contributed by atoms with E-state index < -0.39 is 12.2 Å². The number of hydrogen-bond acceptors (Lipinski definition) is 4. The molecule has 0 unspecified atom stereocenters. The molecule has 1 aromatic heterocycles. The van der Waals surface area contributed by atoms with Gasteiger partial charge in [-0.25, -0.2) is 13.2 Å². The molecule has 0 saturated heterocycles. The van der Waals surface area contributed by atoms with Crippen LogP contribution >= 0.6 is 0 Å². The second-order valence-corrected chi connectivity index (χ2v) is 5.54. The van der Waals surface area contributed by atoms with Crippen molar-refractivity contribution in [2.75, 3.05) is 25.6 Å². The fraction of sp³-hybridized carbons (Fsp3) is 0.211. The Morgan fingerprint density at radius 3 is 2.62 bits per heavy atom. The van der Waals surface area contributed by atoms with Gasteiger partial charge in [-0.2, -0.15) is 0 Å². The van der Waals surface area contributed by atoms with Crippen LogP contribution in [0.4, 0.5) is 24.5 Å². The summed E-state index contributed by atoms with van der Waals surface area (Å²) < 4.78 is 50.2. The lowest BCUT2D eigenvalue weighted by molar-refractivity contribution is 0.146. The molecule has 0 amide bonds. The number of methoxy groups -OCH3 is 1. The topological polar surface area (TPSA) is 43.4 Å². The minimum atomic E-state index is -2.57. The van der Waals surface area contributed by atoms with Crippen molar-refractivity contribution in [2.45, 2.75) is 6.43 Å². The van der Waals surface area contributed by atoms with Crippen molar-refractivity contribution < 1.29 is 22.6 Å². The smallest absolute Gasteiger partial charge is 0.263 e.